The lowest BCUT2D eigenvalue weighted by Gasteiger charge is -2.36. The van der Waals surface area contributed by atoms with Gasteiger partial charge in [-0.1, -0.05) is 30.3 Å². The first kappa shape index (κ1) is 24.4. The fourth-order valence-electron chi connectivity index (χ4n) is 4.62. The maximum Gasteiger partial charge on any atom is 0.118 e. The number of aromatic nitrogens is 3. The van der Waals surface area contributed by atoms with E-state index in [0.29, 0.717) is 19.0 Å². The van der Waals surface area contributed by atoms with E-state index in [-0.39, 0.29) is 6.67 Å². The molecule has 0 bridgehead atoms. The lowest BCUT2D eigenvalue weighted by molar-refractivity contribution is 0.0853. The molecule has 0 fully saturated rings. The van der Waals surface area contributed by atoms with Gasteiger partial charge in [0.15, 0.2) is 0 Å². The highest BCUT2D eigenvalue weighted by Gasteiger charge is 2.30. The molecule has 0 aliphatic carbocycles. The molecule has 3 heterocycles. The van der Waals surface area contributed by atoms with E-state index in [0.717, 1.165) is 37.0 Å². The second-order valence-corrected chi connectivity index (χ2v) is 9.82. The average molecular weight is 468 g/mol. The number of hydrogen-bond acceptors (Lipinski definition) is 3. The van der Waals surface area contributed by atoms with Gasteiger partial charge < -0.3 is 10.3 Å². The average Bonchev–Trinajstić information content (AvgIpc) is 3.40. The monoisotopic (exact) mass is 467 g/mol. The van der Waals surface area contributed by atoms with Crippen LogP contribution in [0.2, 0.25) is 0 Å². The van der Waals surface area contributed by atoms with Crippen LogP contribution in [0.3, 0.4) is 0 Å². The number of H-pyrrole nitrogens is 2. The van der Waals surface area contributed by atoms with E-state index < -0.39 is 5.67 Å². The molecule has 7 heteroatoms. The van der Waals surface area contributed by atoms with Crippen molar-refractivity contribution < 1.29 is 8.78 Å². The van der Waals surface area contributed by atoms with Crippen molar-refractivity contribution in [1.82, 2.24) is 25.4 Å². The Hall–Kier alpha value is -2.77. The molecule has 34 heavy (non-hydrogen) atoms. The van der Waals surface area contributed by atoms with Gasteiger partial charge in [-0.2, -0.15) is 5.10 Å². The third-order valence-electron chi connectivity index (χ3n) is 6.29. The van der Waals surface area contributed by atoms with Crippen LogP contribution >= 0.6 is 0 Å². The van der Waals surface area contributed by atoms with Crippen molar-refractivity contribution in [1.29, 1.82) is 0 Å². The molecule has 3 N–H and O–H groups in total. The highest BCUT2D eigenvalue weighted by atomic mass is 19.1. The molecular weight excluding hydrogens is 432 g/mol. The van der Waals surface area contributed by atoms with Crippen LogP contribution in [0.1, 0.15) is 44.0 Å². The zero-order valence-corrected chi connectivity index (χ0v) is 20.3. The van der Waals surface area contributed by atoms with Gasteiger partial charge in [-0.25, -0.2) is 4.39 Å². The first-order valence-electron chi connectivity index (χ1n) is 12.0. The van der Waals surface area contributed by atoms with Crippen molar-refractivity contribution in [3.63, 3.8) is 0 Å². The van der Waals surface area contributed by atoms with E-state index in [2.05, 4.69) is 68.7 Å². The molecule has 0 amide bonds. The number of aromatic amines is 2. The minimum absolute atomic E-state index is 0.257. The van der Waals surface area contributed by atoms with Gasteiger partial charge in [-0.05, 0) is 63.4 Å². The van der Waals surface area contributed by atoms with Crippen molar-refractivity contribution in [2.75, 3.05) is 19.8 Å². The lowest BCUT2D eigenvalue weighted by atomic mass is 9.96. The van der Waals surface area contributed by atoms with Crippen molar-refractivity contribution >= 4 is 21.8 Å². The third-order valence-corrected chi connectivity index (χ3v) is 6.29. The number of fused-ring (bicyclic) bond motifs is 4. The molecule has 1 unspecified atom stereocenters. The van der Waals surface area contributed by atoms with Gasteiger partial charge in [0.05, 0.1) is 18.4 Å². The van der Waals surface area contributed by atoms with Crippen LogP contribution < -0.4 is 5.32 Å². The zero-order valence-electron chi connectivity index (χ0n) is 20.3. The van der Waals surface area contributed by atoms with Gasteiger partial charge in [0.25, 0.3) is 0 Å². The second-order valence-electron chi connectivity index (χ2n) is 9.82. The van der Waals surface area contributed by atoms with Crippen LogP contribution in [0.15, 0.2) is 48.7 Å². The summed E-state index contributed by atoms with van der Waals surface area (Å²) in [6.07, 6.45) is 3.37. The van der Waals surface area contributed by atoms with Gasteiger partial charge >= 0.3 is 0 Å². The Bertz CT molecular complexity index is 1210. The summed E-state index contributed by atoms with van der Waals surface area (Å²) in [7, 11) is 0. The van der Waals surface area contributed by atoms with E-state index in [1.54, 1.807) is 20.0 Å². The molecular formula is C27H35F2N5. The van der Waals surface area contributed by atoms with Gasteiger partial charge in [-0.15, -0.1) is 0 Å². The predicted molar refractivity (Wildman–Crippen MR) is 135 cm³/mol. The molecule has 5 nitrogen and oxygen atoms in total. The summed E-state index contributed by atoms with van der Waals surface area (Å²) in [4.78, 5) is 5.72. The third kappa shape index (κ3) is 6.02. The minimum atomic E-state index is -1.14. The van der Waals surface area contributed by atoms with Gasteiger partial charge in [0, 0.05) is 47.7 Å². The van der Waals surface area contributed by atoms with Crippen LogP contribution in [0.4, 0.5) is 8.78 Å². The molecule has 1 aliphatic rings. The summed E-state index contributed by atoms with van der Waals surface area (Å²) in [6, 6.07) is 15.0. The van der Waals surface area contributed by atoms with Crippen molar-refractivity contribution in [2.45, 2.75) is 58.4 Å². The second kappa shape index (κ2) is 10.7. The standard InChI is InChI=1S/C16H21FN2.C11H14FN3/c1-11-8-13-12-6-4-5-7-14(12)18-15(13)9-19(11)10-16(2,3)17;12-4-1-5-13-7-9-2-3-10-8-14-15-11(10)6-9/h4-7,11,18H,8-10H2,1-3H3;2-3,6,8,13H,1,4-5,7H2,(H,14,15). The zero-order chi connectivity index (χ0) is 24.1. The molecule has 4 aromatic rings. The van der Waals surface area contributed by atoms with Gasteiger partial charge in [-0.3, -0.25) is 14.4 Å². The van der Waals surface area contributed by atoms with Crippen LogP contribution in [0.25, 0.3) is 21.8 Å². The Balaban J connectivity index is 0.000000166. The Kier molecular flexibility index (Phi) is 7.63. The number of benzene rings is 2. The smallest absolute Gasteiger partial charge is 0.118 e. The number of halogens is 2. The highest BCUT2D eigenvalue weighted by Crippen LogP contribution is 2.31. The topological polar surface area (TPSA) is 59.7 Å². The molecule has 0 radical (unpaired) electrons. The molecule has 2 aromatic heterocycles. The number of nitrogens with zero attached hydrogens (tertiary/aromatic N) is 2. The van der Waals surface area contributed by atoms with Crippen molar-refractivity contribution in [3.8, 4) is 0 Å². The van der Waals surface area contributed by atoms with Gasteiger partial charge in [0.2, 0.25) is 0 Å². The maximum atomic E-state index is 13.9. The largest absolute Gasteiger partial charge is 0.357 e. The molecule has 1 atom stereocenters. The van der Waals surface area contributed by atoms with E-state index >= 15 is 0 Å². The summed E-state index contributed by atoms with van der Waals surface area (Å²) in [6.45, 7) is 8.04. The summed E-state index contributed by atoms with van der Waals surface area (Å²) in [5.41, 5.74) is 4.95. The minimum Gasteiger partial charge on any atom is -0.357 e. The molecule has 1 aliphatic heterocycles. The number of rotatable bonds is 7. The maximum absolute atomic E-state index is 13.9. The summed E-state index contributed by atoms with van der Waals surface area (Å²) >= 11 is 0. The summed E-state index contributed by atoms with van der Waals surface area (Å²) in [5.74, 6) is 0. The number of nitrogens with one attached hydrogen (secondary N) is 3. The fourth-order valence-corrected chi connectivity index (χ4v) is 4.62. The molecule has 2 aromatic carbocycles. The van der Waals surface area contributed by atoms with Crippen molar-refractivity contribution in [3.05, 3.63) is 65.5 Å². The number of alkyl halides is 2. The van der Waals surface area contributed by atoms with Crippen LogP contribution in [-0.4, -0.2) is 51.6 Å². The quantitative estimate of drug-likeness (QED) is 0.307. The van der Waals surface area contributed by atoms with Crippen molar-refractivity contribution in [2.24, 2.45) is 0 Å². The Morgan fingerprint density at radius 1 is 1.18 bits per heavy atom. The van der Waals surface area contributed by atoms with Crippen LogP contribution in [0.5, 0.6) is 0 Å². The van der Waals surface area contributed by atoms with Gasteiger partial charge in [0.1, 0.15) is 5.67 Å². The number of para-hydroxylation sites is 1. The first-order chi connectivity index (χ1) is 16.3. The Morgan fingerprint density at radius 3 is 2.79 bits per heavy atom. The Labute approximate surface area is 199 Å². The SMILES string of the molecule is CC1Cc2c([nH]c3ccccc23)CN1CC(C)(C)F.FCCCNCc1ccc2cn[nH]c2c1. The Morgan fingerprint density at radius 2 is 2.00 bits per heavy atom. The highest BCUT2D eigenvalue weighted by molar-refractivity contribution is 5.85. The van der Waals surface area contributed by atoms with E-state index in [9.17, 15) is 8.78 Å². The van der Waals surface area contributed by atoms with E-state index in [1.807, 2.05) is 6.07 Å². The fraction of sp³-hybridized carbons (Fsp3) is 0.444. The normalized spacial score (nSPS) is 16.4. The molecule has 0 saturated heterocycles. The number of hydrogen-bond donors (Lipinski definition) is 3. The first-order valence-corrected chi connectivity index (χ1v) is 12.0. The predicted octanol–water partition coefficient (Wildman–Crippen LogP) is 5.67. The summed E-state index contributed by atoms with van der Waals surface area (Å²) in [5, 5.41) is 12.5. The lowest BCUT2D eigenvalue weighted by Crippen LogP contribution is -2.44. The molecule has 5 rings (SSSR count). The van der Waals surface area contributed by atoms with Crippen LogP contribution in [-0.2, 0) is 19.5 Å². The molecule has 182 valence electrons. The summed E-state index contributed by atoms with van der Waals surface area (Å²) < 4.78 is 25.7. The van der Waals surface area contributed by atoms with E-state index in [1.165, 1.54) is 27.7 Å². The molecule has 0 spiro atoms. The molecule has 0 saturated carbocycles. The van der Waals surface area contributed by atoms with Crippen LogP contribution in [0, 0.1) is 0 Å². The van der Waals surface area contributed by atoms with E-state index in [4.69, 9.17) is 0 Å².